The molecular formula is C10H17N3O3. The van der Waals surface area contributed by atoms with Crippen LogP contribution in [-0.2, 0) is 14.4 Å². The highest BCUT2D eigenvalue weighted by atomic mass is 16.2. The quantitative estimate of drug-likeness (QED) is 0.639. The monoisotopic (exact) mass is 227 g/mol. The summed E-state index contributed by atoms with van der Waals surface area (Å²) in [4.78, 5) is 35.4. The van der Waals surface area contributed by atoms with Gasteiger partial charge in [0.25, 0.3) is 0 Å². The Hall–Kier alpha value is -1.59. The third-order valence-corrected chi connectivity index (χ3v) is 2.53. The molecule has 1 aliphatic rings. The van der Waals surface area contributed by atoms with E-state index in [2.05, 4.69) is 10.6 Å². The van der Waals surface area contributed by atoms with Crippen LogP contribution < -0.4 is 10.6 Å². The minimum absolute atomic E-state index is 0.0425. The number of amides is 3. The van der Waals surface area contributed by atoms with Gasteiger partial charge in [-0.05, 0) is 6.42 Å². The van der Waals surface area contributed by atoms with E-state index < -0.39 is 6.04 Å². The van der Waals surface area contributed by atoms with Crippen LogP contribution in [0.25, 0.3) is 0 Å². The molecule has 0 bridgehead atoms. The first kappa shape index (κ1) is 12.5. The summed E-state index contributed by atoms with van der Waals surface area (Å²) < 4.78 is 0. The van der Waals surface area contributed by atoms with Crippen molar-refractivity contribution in [3.63, 3.8) is 0 Å². The SMILES string of the molecule is CCC1C(=O)NCCN1C(=O)CNC(C)=O. The fourth-order valence-corrected chi connectivity index (χ4v) is 1.72. The molecule has 6 heteroatoms. The Labute approximate surface area is 94.4 Å². The van der Waals surface area contributed by atoms with E-state index in [1.165, 1.54) is 11.8 Å². The maximum absolute atomic E-state index is 11.7. The fraction of sp³-hybridized carbons (Fsp3) is 0.700. The van der Waals surface area contributed by atoms with Gasteiger partial charge in [-0.25, -0.2) is 0 Å². The highest BCUT2D eigenvalue weighted by molar-refractivity contribution is 5.90. The molecule has 1 unspecified atom stereocenters. The largest absolute Gasteiger partial charge is 0.353 e. The Bertz CT molecular complexity index is 304. The molecule has 1 aliphatic heterocycles. The lowest BCUT2D eigenvalue weighted by Crippen LogP contribution is -2.58. The van der Waals surface area contributed by atoms with Crippen LogP contribution in [0, 0.1) is 0 Å². The van der Waals surface area contributed by atoms with Crippen LogP contribution >= 0.6 is 0 Å². The first-order valence-corrected chi connectivity index (χ1v) is 5.38. The van der Waals surface area contributed by atoms with Gasteiger partial charge in [0.1, 0.15) is 6.04 Å². The van der Waals surface area contributed by atoms with Gasteiger partial charge in [0.15, 0.2) is 0 Å². The Morgan fingerprint density at radius 1 is 1.56 bits per heavy atom. The molecule has 1 saturated heterocycles. The number of carbonyl (C=O) groups is 3. The molecule has 1 fully saturated rings. The molecule has 1 heterocycles. The molecule has 0 spiro atoms. The zero-order valence-electron chi connectivity index (χ0n) is 9.58. The maximum Gasteiger partial charge on any atom is 0.242 e. The lowest BCUT2D eigenvalue weighted by atomic mass is 10.1. The molecule has 2 N–H and O–H groups in total. The van der Waals surface area contributed by atoms with E-state index in [1.54, 1.807) is 0 Å². The van der Waals surface area contributed by atoms with Gasteiger partial charge >= 0.3 is 0 Å². The zero-order chi connectivity index (χ0) is 12.1. The van der Waals surface area contributed by atoms with Gasteiger partial charge in [-0.1, -0.05) is 6.92 Å². The molecule has 0 aromatic carbocycles. The van der Waals surface area contributed by atoms with Crippen LogP contribution in [0.2, 0.25) is 0 Å². The first-order valence-electron chi connectivity index (χ1n) is 5.38. The van der Waals surface area contributed by atoms with E-state index in [0.717, 1.165) is 0 Å². The van der Waals surface area contributed by atoms with Crippen LogP contribution in [0.5, 0.6) is 0 Å². The Kier molecular flexibility index (Phi) is 4.28. The Morgan fingerprint density at radius 2 is 2.25 bits per heavy atom. The molecule has 0 aromatic rings. The summed E-state index contributed by atoms with van der Waals surface area (Å²) in [5.41, 5.74) is 0. The topological polar surface area (TPSA) is 78.5 Å². The predicted molar refractivity (Wildman–Crippen MR) is 57.5 cm³/mol. The number of carbonyl (C=O) groups excluding carboxylic acids is 3. The molecule has 1 rings (SSSR count). The van der Waals surface area contributed by atoms with Gasteiger partial charge in [-0.15, -0.1) is 0 Å². The van der Waals surface area contributed by atoms with Gasteiger partial charge in [0, 0.05) is 20.0 Å². The van der Waals surface area contributed by atoms with Crippen molar-refractivity contribution < 1.29 is 14.4 Å². The van der Waals surface area contributed by atoms with Crippen LogP contribution in [-0.4, -0.2) is 48.3 Å². The lowest BCUT2D eigenvalue weighted by molar-refractivity contribution is -0.143. The molecule has 16 heavy (non-hydrogen) atoms. The summed E-state index contributed by atoms with van der Waals surface area (Å²) in [6.07, 6.45) is 0.581. The van der Waals surface area contributed by atoms with Crippen LogP contribution in [0.3, 0.4) is 0 Å². The number of rotatable bonds is 3. The van der Waals surface area contributed by atoms with E-state index in [9.17, 15) is 14.4 Å². The van der Waals surface area contributed by atoms with Crippen molar-refractivity contribution in [2.45, 2.75) is 26.3 Å². The number of nitrogens with one attached hydrogen (secondary N) is 2. The second-order valence-corrected chi connectivity index (χ2v) is 3.71. The van der Waals surface area contributed by atoms with Gasteiger partial charge in [-0.2, -0.15) is 0 Å². The first-order chi connectivity index (χ1) is 7.56. The van der Waals surface area contributed by atoms with Crippen molar-refractivity contribution in [1.29, 1.82) is 0 Å². The summed E-state index contributed by atoms with van der Waals surface area (Å²) in [7, 11) is 0. The predicted octanol–water partition coefficient (Wildman–Crippen LogP) is -1.14. The fourth-order valence-electron chi connectivity index (χ4n) is 1.72. The van der Waals surface area contributed by atoms with E-state index in [4.69, 9.17) is 0 Å². The Morgan fingerprint density at radius 3 is 2.81 bits per heavy atom. The number of hydrogen-bond acceptors (Lipinski definition) is 3. The summed E-state index contributed by atoms with van der Waals surface area (Å²) in [6, 6.07) is -0.407. The maximum atomic E-state index is 11.7. The summed E-state index contributed by atoms with van der Waals surface area (Å²) in [6.45, 7) is 4.14. The molecule has 0 saturated carbocycles. The molecule has 1 atom stereocenters. The van der Waals surface area contributed by atoms with Gasteiger partial charge in [0.2, 0.25) is 17.7 Å². The number of hydrogen-bond donors (Lipinski definition) is 2. The third kappa shape index (κ3) is 2.95. The number of piperazine rings is 1. The number of nitrogens with zero attached hydrogens (tertiary/aromatic N) is 1. The summed E-state index contributed by atoms with van der Waals surface area (Å²) in [5.74, 6) is -0.579. The second-order valence-electron chi connectivity index (χ2n) is 3.71. The molecule has 0 radical (unpaired) electrons. The molecule has 90 valence electrons. The smallest absolute Gasteiger partial charge is 0.242 e. The molecule has 0 aromatic heterocycles. The highest BCUT2D eigenvalue weighted by Crippen LogP contribution is 2.08. The Balaban J connectivity index is 2.58. The zero-order valence-corrected chi connectivity index (χ0v) is 9.58. The van der Waals surface area contributed by atoms with E-state index in [1.807, 2.05) is 6.92 Å². The van der Waals surface area contributed by atoms with Crippen molar-refractivity contribution in [2.75, 3.05) is 19.6 Å². The minimum Gasteiger partial charge on any atom is -0.353 e. The van der Waals surface area contributed by atoms with Crippen LogP contribution in [0.4, 0.5) is 0 Å². The van der Waals surface area contributed by atoms with Crippen molar-refractivity contribution in [3.05, 3.63) is 0 Å². The molecule has 6 nitrogen and oxygen atoms in total. The van der Waals surface area contributed by atoms with Gasteiger partial charge in [-0.3, -0.25) is 14.4 Å². The molecular weight excluding hydrogens is 210 g/mol. The van der Waals surface area contributed by atoms with E-state index in [0.29, 0.717) is 19.5 Å². The highest BCUT2D eigenvalue weighted by Gasteiger charge is 2.31. The summed E-state index contributed by atoms with van der Waals surface area (Å²) >= 11 is 0. The van der Waals surface area contributed by atoms with Crippen molar-refractivity contribution in [3.8, 4) is 0 Å². The normalized spacial score (nSPS) is 20.2. The molecule has 3 amide bonds. The minimum atomic E-state index is -0.407. The van der Waals surface area contributed by atoms with Crippen molar-refractivity contribution in [1.82, 2.24) is 15.5 Å². The van der Waals surface area contributed by atoms with Crippen molar-refractivity contribution in [2.24, 2.45) is 0 Å². The van der Waals surface area contributed by atoms with Crippen molar-refractivity contribution >= 4 is 17.7 Å². The van der Waals surface area contributed by atoms with Gasteiger partial charge in [0.05, 0.1) is 6.54 Å². The van der Waals surface area contributed by atoms with Crippen LogP contribution in [0.15, 0.2) is 0 Å². The molecule has 0 aliphatic carbocycles. The second kappa shape index (κ2) is 5.48. The summed E-state index contributed by atoms with van der Waals surface area (Å²) in [5, 5.41) is 5.15. The van der Waals surface area contributed by atoms with Crippen LogP contribution in [0.1, 0.15) is 20.3 Å². The third-order valence-electron chi connectivity index (χ3n) is 2.53. The van der Waals surface area contributed by atoms with E-state index in [-0.39, 0.29) is 24.3 Å². The average molecular weight is 227 g/mol. The standard InChI is InChI=1S/C10H17N3O3/c1-3-8-10(16)11-4-5-13(8)9(15)6-12-7(2)14/h8H,3-6H2,1-2H3,(H,11,16)(H,12,14). The van der Waals surface area contributed by atoms with E-state index >= 15 is 0 Å². The average Bonchev–Trinajstić information content (AvgIpc) is 2.25. The van der Waals surface area contributed by atoms with Gasteiger partial charge < -0.3 is 15.5 Å². The lowest BCUT2D eigenvalue weighted by Gasteiger charge is -2.34.